The molecule has 1 aliphatic rings. The van der Waals surface area contributed by atoms with Crippen molar-refractivity contribution in [3.05, 3.63) is 11.3 Å². The first-order chi connectivity index (χ1) is 8.11. The third kappa shape index (κ3) is 2.61. The summed E-state index contributed by atoms with van der Waals surface area (Å²) in [7, 11) is 1.87. The first kappa shape index (κ1) is 12.4. The van der Waals surface area contributed by atoms with Crippen molar-refractivity contribution >= 4 is 5.82 Å². The van der Waals surface area contributed by atoms with Crippen molar-refractivity contribution in [2.24, 2.45) is 13.0 Å². The van der Waals surface area contributed by atoms with E-state index < -0.39 is 0 Å². The number of nitrogens with zero attached hydrogens (tertiary/aromatic N) is 3. The van der Waals surface area contributed by atoms with Crippen LogP contribution in [0.25, 0.3) is 0 Å². The predicted molar refractivity (Wildman–Crippen MR) is 67.4 cm³/mol. The van der Waals surface area contributed by atoms with Gasteiger partial charge in [0.2, 0.25) is 0 Å². The molecule has 1 unspecified atom stereocenters. The number of hydrogen-bond donors (Lipinski definition) is 2. The summed E-state index contributed by atoms with van der Waals surface area (Å²) >= 11 is 0. The Labute approximate surface area is 102 Å². The van der Waals surface area contributed by atoms with Gasteiger partial charge in [0.1, 0.15) is 5.82 Å². The van der Waals surface area contributed by atoms with Crippen molar-refractivity contribution in [2.45, 2.75) is 26.3 Å². The van der Waals surface area contributed by atoms with Crippen LogP contribution in [0.1, 0.15) is 24.1 Å². The summed E-state index contributed by atoms with van der Waals surface area (Å²) in [6.07, 6.45) is 2.29. The first-order valence-corrected chi connectivity index (χ1v) is 6.23. The zero-order valence-electron chi connectivity index (χ0n) is 10.7. The molecular weight excluding hydrogens is 216 g/mol. The molecule has 5 heteroatoms. The zero-order chi connectivity index (χ0) is 12.4. The molecule has 1 aromatic rings. The lowest BCUT2D eigenvalue weighted by molar-refractivity contribution is 0.116. The first-order valence-electron chi connectivity index (χ1n) is 6.23. The minimum absolute atomic E-state index is 0.290. The van der Waals surface area contributed by atoms with Crippen LogP contribution in [0.15, 0.2) is 0 Å². The standard InChI is InChI=1S/C12H22N4O/c1-9-11(12(13)15(2)14-9)7-16-5-3-4-10(6-16)8-17/h10,17H,3-8,13H2,1-2H3. The number of likely N-dealkylation sites (tertiary alicyclic amines) is 1. The number of aliphatic hydroxyl groups is 1. The molecule has 1 aliphatic heterocycles. The van der Waals surface area contributed by atoms with Crippen molar-refractivity contribution in [3.63, 3.8) is 0 Å². The quantitative estimate of drug-likeness (QED) is 0.805. The second kappa shape index (κ2) is 5.06. The number of nitrogens with two attached hydrogens (primary N) is 1. The topological polar surface area (TPSA) is 67.3 Å². The van der Waals surface area contributed by atoms with Crippen LogP contribution in [-0.2, 0) is 13.6 Å². The summed E-state index contributed by atoms with van der Waals surface area (Å²) < 4.78 is 1.73. The number of aromatic nitrogens is 2. The Balaban J connectivity index is 2.05. The summed E-state index contributed by atoms with van der Waals surface area (Å²) in [5, 5.41) is 13.6. The maximum atomic E-state index is 9.22. The van der Waals surface area contributed by atoms with E-state index in [1.165, 1.54) is 0 Å². The minimum Gasteiger partial charge on any atom is -0.396 e. The van der Waals surface area contributed by atoms with Gasteiger partial charge in [0, 0.05) is 32.3 Å². The van der Waals surface area contributed by atoms with Gasteiger partial charge in [-0.2, -0.15) is 5.10 Å². The summed E-state index contributed by atoms with van der Waals surface area (Å²) in [6.45, 7) is 5.19. The molecule has 3 N–H and O–H groups in total. The van der Waals surface area contributed by atoms with Crippen LogP contribution in [0.4, 0.5) is 5.82 Å². The molecule has 96 valence electrons. The third-order valence-electron chi connectivity index (χ3n) is 3.64. The fourth-order valence-electron chi connectivity index (χ4n) is 2.58. The molecule has 0 spiro atoms. The Hall–Kier alpha value is -1.07. The molecule has 0 radical (unpaired) electrons. The van der Waals surface area contributed by atoms with Crippen LogP contribution in [0.2, 0.25) is 0 Å². The van der Waals surface area contributed by atoms with Gasteiger partial charge in [0.15, 0.2) is 0 Å². The lowest BCUT2D eigenvalue weighted by atomic mass is 9.98. The van der Waals surface area contributed by atoms with E-state index in [4.69, 9.17) is 5.73 Å². The van der Waals surface area contributed by atoms with Gasteiger partial charge in [0.05, 0.1) is 5.69 Å². The smallest absolute Gasteiger partial charge is 0.126 e. The van der Waals surface area contributed by atoms with Crippen LogP contribution < -0.4 is 5.73 Å². The number of rotatable bonds is 3. The summed E-state index contributed by atoms with van der Waals surface area (Å²) in [6, 6.07) is 0. The number of nitrogen functional groups attached to an aromatic ring is 1. The van der Waals surface area contributed by atoms with Gasteiger partial charge < -0.3 is 10.8 Å². The van der Waals surface area contributed by atoms with Crippen molar-refractivity contribution in [3.8, 4) is 0 Å². The van der Waals surface area contributed by atoms with Crippen molar-refractivity contribution < 1.29 is 5.11 Å². The van der Waals surface area contributed by atoms with Crippen LogP contribution in [0, 0.1) is 12.8 Å². The largest absolute Gasteiger partial charge is 0.396 e. The fourth-order valence-corrected chi connectivity index (χ4v) is 2.58. The third-order valence-corrected chi connectivity index (χ3v) is 3.64. The van der Waals surface area contributed by atoms with Gasteiger partial charge in [0.25, 0.3) is 0 Å². The molecule has 1 atom stereocenters. The molecule has 2 rings (SSSR count). The highest BCUT2D eigenvalue weighted by Crippen LogP contribution is 2.22. The Morgan fingerprint density at radius 1 is 1.53 bits per heavy atom. The number of aryl methyl sites for hydroxylation is 2. The Morgan fingerprint density at radius 2 is 2.29 bits per heavy atom. The molecule has 5 nitrogen and oxygen atoms in total. The van der Waals surface area contributed by atoms with E-state index in [1.807, 2.05) is 14.0 Å². The second-order valence-corrected chi connectivity index (χ2v) is 5.00. The van der Waals surface area contributed by atoms with Crippen LogP contribution in [0.3, 0.4) is 0 Å². The monoisotopic (exact) mass is 238 g/mol. The van der Waals surface area contributed by atoms with E-state index in [2.05, 4.69) is 10.00 Å². The Morgan fingerprint density at radius 3 is 2.88 bits per heavy atom. The zero-order valence-corrected chi connectivity index (χ0v) is 10.7. The predicted octanol–water partition coefficient (Wildman–Crippen LogP) is 0.515. The Kier molecular flexibility index (Phi) is 3.69. The van der Waals surface area contributed by atoms with Crippen molar-refractivity contribution in [1.29, 1.82) is 0 Å². The molecule has 1 aromatic heterocycles. The Bertz CT molecular complexity index is 388. The van der Waals surface area contributed by atoms with E-state index in [0.717, 1.165) is 49.6 Å². The number of piperidine rings is 1. The van der Waals surface area contributed by atoms with Crippen molar-refractivity contribution in [1.82, 2.24) is 14.7 Å². The van der Waals surface area contributed by atoms with Crippen LogP contribution >= 0.6 is 0 Å². The lowest BCUT2D eigenvalue weighted by Crippen LogP contribution is -2.36. The summed E-state index contributed by atoms with van der Waals surface area (Å²) in [5.41, 5.74) is 8.15. The second-order valence-electron chi connectivity index (χ2n) is 5.00. The van der Waals surface area contributed by atoms with E-state index in [0.29, 0.717) is 5.92 Å². The highest BCUT2D eigenvalue weighted by atomic mass is 16.3. The minimum atomic E-state index is 0.290. The number of anilines is 1. The molecule has 0 saturated carbocycles. The van der Waals surface area contributed by atoms with E-state index in [-0.39, 0.29) is 6.61 Å². The molecule has 17 heavy (non-hydrogen) atoms. The summed E-state index contributed by atoms with van der Waals surface area (Å²) in [4.78, 5) is 2.37. The van der Waals surface area contributed by atoms with Crippen LogP contribution in [0.5, 0.6) is 0 Å². The SMILES string of the molecule is Cc1nn(C)c(N)c1CN1CCCC(CO)C1. The average molecular weight is 238 g/mol. The molecule has 0 aliphatic carbocycles. The molecule has 0 amide bonds. The highest BCUT2D eigenvalue weighted by molar-refractivity contribution is 5.42. The van der Waals surface area contributed by atoms with Gasteiger partial charge in [-0.05, 0) is 32.2 Å². The highest BCUT2D eigenvalue weighted by Gasteiger charge is 2.21. The van der Waals surface area contributed by atoms with E-state index in [1.54, 1.807) is 4.68 Å². The van der Waals surface area contributed by atoms with Crippen LogP contribution in [-0.4, -0.2) is 39.5 Å². The fraction of sp³-hybridized carbons (Fsp3) is 0.750. The normalized spacial score (nSPS) is 21.9. The lowest BCUT2D eigenvalue weighted by Gasteiger charge is -2.31. The molecular formula is C12H22N4O. The molecule has 1 saturated heterocycles. The van der Waals surface area contributed by atoms with Gasteiger partial charge in [-0.25, -0.2) is 0 Å². The maximum absolute atomic E-state index is 9.22. The maximum Gasteiger partial charge on any atom is 0.126 e. The average Bonchev–Trinajstić information content (AvgIpc) is 2.56. The van der Waals surface area contributed by atoms with Gasteiger partial charge >= 0.3 is 0 Å². The molecule has 2 heterocycles. The van der Waals surface area contributed by atoms with Gasteiger partial charge in [-0.15, -0.1) is 0 Å². The molecule has 0 aromatic carbocycles. The summed E-state index contributed by atoms with van der Waals surface area (Å²) in [5.74, 6) is 1.18. The van der Waals surface area contributed by atoms with E-state index >= 15 is 0 Å². The van der Waals surface area contributed by atoms with E-state index in [9.17, 15) is 5.11 Å². The van der Waals surface area contributed by atoms with Gasteiger partial charge in [-0.3, -0.25) is 9.58 Å². The molecule has 0 bridgehead atoms. The number of aliphatic hydroxyl groups excluding tert-OH is 1. The number of hydrogen-bond acceptors (Lipinski definition) is 4. The molecule has 1 fully saturated rings. The van der Waals surface area contributed by atoms with Gasteiger partial charge in [-0.1, -0.05) is 0 Å². The van der Waals surface area contributed by atoms with Crippen molar-refractivity contribution in [2.75, 3.05) is 25.4 Å².